The van der Waals surface area contributed by atoms with Gasteiger partial charge in [0, 0.05) is 12.8 Å². The zero-order valence-electron chi connectivity index (χ0n) is 10.9. The quantitative estimate of drug-likeness (QED) is 0.487. The van der Waals surface area contributed by atoms with Crippen LogP contribution in [0.2, 0.25) is 0 Å². The molecule has 1 saturated heterocycles. The number of likely N-dealkylation sites (N-methyl/N-ethyl adjacent to an activating group) is 1. The lowest BCUT2D eigenvalue weighted by molar-refractivity contribution is -0.908. The van der Waals surface area contributed by atoms with Crippen LogP contribution in [-0.4, -0.2) is 40.6 Å². The molecule has 8 heteroatoms. The van der Waals surface area contributed by atoms with Crippen molar-refractivity contribution in [1.82, 2.24) is 9.97 Å². The number of likely N-dealkylation sites (tertiary alicyclic amines) is 1. The summed E-state index contributed by atoms with van der Waals surface area (Å²) in [5, 5.41) is 14.0. The van der Waals surface area contributed by atoms with Crippen LogP contribution in [0.3, 0.4) is 0 Å². The van der Waals surface area contributed by atoms with Gasteiger partial charge in [-0.05, 0) is 6.92 Å². The fourth-order valence-electron chi connectivity index (χ4n) is 2.62. The maximum absolute atomic E-state index is 11.0. The molecule has 1 fully saturated rings. The molecule has 0 bridgehead atoms. The summed E-state index contributed by atoms with van der Waals surface area (Å²) in [6.07, 6.45) is 3.57. The molecule has 1 unspecified atom stereocenters. The third-order valence-electron chi connectivity index (χ3n) is 3.63. The molecule has 104 valence electrons. The summed E-state index contributed by atoms with van der Waals surface area (Å²) in [4.78, 5) is 19.5. The second kappa shape index (κ2) is 5.79. The van der Waals surface area contributed by atoms with Gasteiger partial charge in [0.05, 0.1) is 24.6 Å². The Morgan fingerprint density at radius 1 is 1.63 bits per heavy atom. The SMILES string of the molecule is CC[NH+]1CCC[C@H]1CNc1ncnc(N)c1[N+](=O)[O-]. The highest BCUT2D eigenvalue weighted by Gasteiger charge is 2.28. The molecule has 2 rings (SSSR count). The first-order valence-corrected chi connectivity index (χ1v) is 6.46. The van der Waals surface area contributed by atoms with Gasteiger partial charge in [-0.25, -0.2) is 9.97 Å². The first-order chi connectivity index (χ1) is 9.13. The van der Waals surface area contributed by atoms with E-state index >= 15 is 0 Å². The van der Waals surface area contributed by atoms with Crippen molar-refractivity contribution in [1.29, 1.82) is 0 Å². The van der Waals surface area contributed by atoms with E-state index < -0.39 is 4.92 Å². The molecule has 1 aliphatic heterocycles. The third kappa shape index (κ3) is 2.90. The fourth-order valence-corrected chi connectivity index (χ4v) is 2.62. The lowest BCUT2D eigenvalue weighted by Crippen LogP contribution is -3.14. The van der Waals surface area contributed by atoms with Crippen LogP contribution in [0.4, 0.5) is 17.3 Å². The Hall–Kier alpha value is -1.96. The molecule has 1 aromatic rings. The van der Waals surface area contributed by atoms with Gasteiger partial charge in [0.15, 0.2) is 0 Å². The van der Waals surface area contributed by atoms with Gasteiger partial charge < -0.3 is 16.0 Å². The summed E-state index contributed by atoms with van der Waals surface area (Å²) in [6.45, 7) is 5.05. The van der Waals surface area contributed by atoms with Crippen LogP contribution in [0, 0.1) is 10.1 Å². The van der Waals surface area contributed by atoms with Crippen LogP contribution in [0.25, 0.3) is 0 Å². The highest BCUT2D eigenvalue weighted by molar-refractivity contribution is 5.67. The Morgan fingerprint density at radius 2 is 2.42 bits per heavy atom. The molecule has 1 aliphatic rings. The number of aromatic nitrogens is 2. The number of nitrogen functional groups attached to an aromatic ring is 1. The van der Waals surface area contributed by atoms with E-state index in [1.54, 1.807) is 0 Å². The van der Waals surface area contributed by atoms with Crippen molar-refractivity contribution in [2.75, 3.05) is 30.7 Å². The predicted molar refractivity (Wildman–Crippen MR) is 71.0 cm³/mol. The summed E-state index contributed by atoms with van der Waals surface area (Å²) in [7, 11) is 0. The van der Waals surface area contributed by atoms with Crippen LogP contribution >= 0.6 is 0 Å². The average molecular weight is 267 g/mol. The molecule has 8 nitrogen and oxygen atoms in total. The normalized spacial score (nSPS) is 22.4. The summed E-state index contributed by atoms with van der Waals surface area (Å²) in [6, 6.07) is 0.473. The Labute approximate surface area is 111 Å². The van der Waals surface area contributed by atoms with Crippen molar-refractivity contribution in [3.05, 3.63) is 16.4 Å². The Bertz CT molecular complexity index is 466. The molecule has 0 radical (unpaired) electrons. The summed E-state index contributed by atoms with van der Waals surface area (Å²) >= 11 is 0. The molecule has 2 heterocycles. The second-order valence-corrected chi connectivity index (χ2v) is 4.70. The lowest BCUT2D eigenvalue weighted by Gasteiger charge is -2.20. The first-order valence-electron chi connectivity index (χ1n) is 6.46. The summed E-state index contributed by atoms with van der Waals surface area (Å²) < 4.78 is 0. The smallest absolute Gasteiger partial charge is 0.352 e. The van der Waals surface area contributed by atoms with E-state index in [4.69, 9.17) is 5.73 Å². The fraction of sp³-hybridized carbons (Fsp3) is 0.636. The van der Waals surface area contributed by atoms with E-state index in [1.807, 2.05) is 0 Å². The van der Waals surface area contributed by atoms with Gasteiger partial charge in [0.1, 0.15) is 12.4 Å². The molecule has 0 aliphatic carbocycles. The topological polar surface area (TPSA) is 111 Å². The number of rotatable bonds is 5. The number of quaternary nitrogens is 1. The van der Waals surface area contributed by atoms with E-state index in [0.29, 0.717) is 12.6 Å². The first kappa shape index (κ1) is 13.5. The predicted octanol–water partition coefficient (Wildman–Crippen LogP) is -0.554. The molecule has 0 amide bonds. The van der Waals surface area contributed by atoms with E-state index in [0.717, 1.165) is 19.5 Å². The monoisotopic (exact) mass is 267 g/mol. The highest BCUT2D eigenvalue weighted by Crippen LogP contribution is 2.26. The number of nitrogens with zero attached hydrogens (tertiary/aromatic N) is 3. The van der Waals surface area contributed by atoms with Gasteiger partial charge >= 0.3 is 5.69 Å². The minimum absolute atomic E-state index is 0.103. The van der Waals surface area contributed by atoms with Crippen LogP contribution in [0.5, 0.6) is 0 Å². The minimum Gasteiger partial charge on any atom is -0.378 e. The Morgan fingerprint density at radius 3 is 3.11 bits per heavy atom. The number of nitrogens with two attached hydrogens (primary N) is 1. The number of anilines is 2. The molecule has 4 N–H and O–H groups in total. The van der Waals surface area contributed by atoms with Gasteiger partial charge in [-0.15, -0.1) is 0 Å². The lowest BCUT2D eigenvalue weighted by atomic mass is 10.2. The maximum Gasteiger partial charge on any atom is 0.352 e. The molecule has 0 aromatic carbocycles. The van der Waals surface area contributed by atoms with Crippen molar-refractivity contribution >= 4 is 17.3 Å². The van der Waals surface area contributed by atoms with Crippen LogP contribution < -0.4 is 16.0 Å². The highest BCUT2D eigenvalue weighted by atomic mass is 16.6. The molecule has 0 spiro atoms. The van der Waals surface area contributed by atoms with Crippen LogP contribution in [-0.2, 0) is 0 Å². The Kier molecular flexibility index (Phi) is 4.10. The van der Waals surface area contributed by atoms with Gasteiger partial charge in [0.2, 0.25) is 11.6 Å². The van der Waals surface area contributed by atoms with E-state index in [9.17, 15) is 10.1 Å². The van der Waals surface area contributed by atoms with Crippen LogP contribution in [0.1, 0.15) is 19.8 Å². The summed E-state index contributed by atoms with van der Waals surface area (Å²) in [5.41, 5.74) is 5.28. The Balaban J connectivity index is 2.07. The van der Waals surface area contributed by atoms with Crippen LogP contribution in [0.15, 0.2) is 6.33 Å². The minimum atomic E-state index is -0.545. The third-order valence-corrected chi connectivity index (χ3v) is 3.63. The number of nitro groups is 1. The van der Waals surface area contributed by atoms with Gasteiger partial charge in [-0.3, -0.25) is 10.1 Å². The number of hydrogen-bond acceptors (Lipinski definition) is 6. The molecule has 19 heavy (non-hydrogen) atoms. The molecule has 0 saturated carbocycles. The van der Waals surface area contributed by atoms with Crippen molar-refractivity contribution in [2.45, 2.75) is 25.8 Å². The largest absolute Gasteiger partial charge is 0.378 e. The standard InChI is InChI=1S/C11H18N6O2/c1-2-16-5-3-4-8(16)6-13-11-9(17(18)19)10(12)14-7-15-11/h7-8H,2-6H2,1H3,(H3,12,13,14,15)/p+1/t8-/m0/s1. The van der Waals surface area contributed by atoms with Gasteiger partial charge in [-0.1, -0.05) is 0 Å². The zero-order chi connectivity index (χ0) is 13.8. The van der Waals surface area contributed by atoms with Crippen molar-refractivity contribution in [3.8, 4) is 0 Å². The van der Waals surface area contributed by atoms with Crippen molar-refractivity contribution in [3.63, 3.8) is 0 Å². The maximum atomic E-state index is 11.0. The molecule has 2 atom stereocenters. The molecular weight excluding hydrogens is 248 g/mol. The number of nitrogens with one attached hydrogen (secondary N) is 2. The second-order valence-electron chi connectivity index (χ2n) is 4.70. The number of hydrogen-bond donors (Lipinski definition) is 3. The van der Waals surface area contributed by atoms with Gasteiger partial charge in [-0.2, -0.15) is 0 Å². The van der Waals surface area contributed by atoms with Crippen molar-refractivity contribution < 1.29 is 9.82 Å². The van der Waals surface area contributed by atoms with E-state index in [-0.39, 0.29) is 17.3 Å². The average Bonchev–Trinajstić information content (AvgIpc) is 2.83. The van der Waals surface area contributed by atoms with Gasteiger partial charge in [0.25, 0.3) is 0 Å². The zero-order valence-corrected chi connectivity index (χ0v) is 10.9. The van der Waals surface area contributed by atoms with E-state index in [1.165, 1.54) is 17.6 Å². The summed E-state index contributed by atoms with van der Waals surface area (Å²) in [5.74, 6) is 0.105. The van der Waals surface area contributed by atoms with Crippen molar-refractivity contribution in [2.24, 2.45) is 0 Å². The molecule has 1 aromatic heterocycles. The molecular formula is C11H19N6O2+. The van der Waals surface area contributed by atoms with E-state index in [2.05, 4.69) is 22.2 Å².